The Morgan fingerprint density at radius 3 is 3.06 bits per heavy atom. The fourth-order valence-corrected chi connectivity index (χ4v) is 2.70. The molecule has 2 heterocycles. The Labute approximate surface area is 106 Å². The van der Waals surface area contributed by atoms with Crippen LogP contribution in [0.25, 0.3) is 0 Å². The predicted octanol–water partition coefficient (Wildman–Crippen LogP) is 2.32. The van der Waals surface area contributed by atoms with E-state index in [9.17, 15) is 4.79 Å². The summed E-state index contributed by atoms with van der Waals surface area (Å²) in [5.41, 5.74) is 2.38. The normalized spacial score (nSPS) is 21.6. The monoisotopic (exact) mass is 244 g/mol. The van der Waals surface area contributed by atoms with Crippen LogP contribution in [0.1, 0.15) is 28.8 Å². The first-order chi connectivity index (χ1) is 8.70. The first-order valence-corrected chi connectivity index (χ1v) is 6.24. The number of hydrogen-bond donors (Lipinski definition) is 0. The summed E-state index contributed by atoms with van der Waals surface area (Å²) in [5.74, 6) is 0.872. The van der Waals surface area contributed by atoms with Gasteiger partial charge in [-0.15, -0.1) is 0 Å². The number of aliphatic imine (C=N–C) groups is 1. The maximum atomic E-state index is 12.5. The lowest BCUT2D eigenvalue weighted by atomic mass is 10.1. The van der Waals surface area contributed by atoms with E-state index in [1.54, 1.807) is 7.11 Å². The minimum Gasteiger partial charge on any atom is -0.496 e. The first kappa shape index (κ1) is 11.3. The molecule has 0 spiro atoms. The van der Waals surface area contributed by atoms with E-state index in [0.29, 0.717) is 5.56 Å². The van der Waals surface area contributed by atoms with Crippen molar-refractivity contribution >= 4 is 17.8 Å². The van der Waals surface area contributed by atoms with E-state index < -0.39 is 0 Å². The van der Waals surface area contributed by atoms with Gasteiger partial charge in [-0.2, -0.15) is 0 Å². The predicted molar refractivity (Wildman–Crippen MR) is 69.9 cm³/mol. The van der Waals surface area contributed by atoms with Crippen LogP contribution in [-0.4, -0.2) is 36.7 Å². The smallest absolute Gasteiger partial charge is 0.256 e. The zero-order valence-electron chi connectivity index (χ0n) is 10.6. The van der Waals surface area contributed by atoms with Crippen molar-refractivity contribution in [3.05, 3.63) is 23.3 Å². The Morgan fingerprint density at radius 2 is 2.28 bits per heavy atom. The van der Waals surface area contributed by atoms with Gasteiger partial charge in [-0.1, -0.05) is 0 Å². The van der Waals surface area contributed by atoms with Gasteiger partial charge in [0.1, 0.15) is 5.75 Å². The molecule has 2 aliphatic rings. The standard InChI is InChI=1S/C14H16N2O2/c1-9-6-11-12(7-13(9)18-2)15-8-10-4-3-5-16(10)14(11)17/h6-8,10H,3-5H2,1-2H3/t10-/m0/s1. The molecule has 0 saturated carbocycles. The highest BCUT2D eigenvalue weighted by Gasteiger charge is 2.31. The average Bonchev–Trinajstić information content (AvgIpc) is 2.80. The lowest BCUT2D eigenvalue weighted by Crippen LogP contribution is -2.35. The van der Waals surface area contributed by atoms with Gasteiger partial charge in [0, 0.05) is 18.8 Å². The van der Waals surface area contributed by atoms with E-state index in [-0.39, 0.29) is 11.9 Å². The van der Waals surface area contributed by atoms with Gasteiger partial charge in [0.05, 0.1) is 24.4 Å². The second-order valence-corrected chi connectivity index (χ2v) is 4.83. The minimum absolute atomic E-state index is 0.0933. The lowest BCUT2D eigenvalue weighted by Gasteiger charge is -2.20. The number of amides is 1. The molecule has 1 amide bonds. The Kier molecular flexibility index (Phi) is 2.58. The van der Waals surface area contributed by atoms with Crippen molar-refractivity contribution in [1.82, 2.24) is 4.90 Å². The van der Waals surface area contributed by atoms with Crippen LogP contribution in [0.4, 0.5) is 5.69 Å². The van der Waals surface area contributed by atoms with E-state index >= 15 is 0 Å². The van der Waals surface area contributed by atoms with Gasteiger partial charge in [0.2, 0.25) is 0 Å². The highest BCUT2D eigenvalue weighted by molar-refractivity contribution is 6.03. The molecule has 94 valence electrons. The van der Waals surface area contributed by atoms with Gasteiger partial charge in [-0.05, 0) is 31.4 Å². The Morgan fingerprint density at radius 1 is 1.44 bits per heavy atom. The van der Waals surface area contributed by atoms with Crippen molar-refractivity contribution in [2.24, 2.45) is 4.99 Å². The summed E-state index contributed by atoms with van der Waals surface area (Å²) in [5, 5.41) is 0. The number of benzene rings is 1. The molecule has 4 nitrogen and oxygen atoms in total. The van der Waals surface area contributed by atoms with Crippen molar-refractivity contribution in [2.75, 3.05) is 13.7 Å². The number of carbonyl (C=O) groups excluding carboxylic acids is 1. The highest BCUT2D eigenvalue weighted by Crippen LogP contribution is 2.33. The topological polar surface area (TPSA) is 41.9 Å². The zero-order chi connectivity index (χ0) is 12.7. The molecule has 1 fully saturated rings. The van der Waals surface area contributed by atoms with Gasteiger partial charge in [0.25, 0.3) is 5.91 Å². The van der Waals surface area contributed by atoms with Crippen LogP contribution in [0.15, 0.2) is 17.1 Å². The number of methoxy groups -OCH3 is 1. The number of aryl methyl sites for hydroxylation is 1. The van der Waals surface area contributed by atoms with E-state index in [1.165, 1.54) is 0 Å². The van der Waals surface area contributed by atoms with Crippen molar-refractivity contribution in [1.29, 1.82) is 0 Å². The molecule has 2 aliphatic heterocycles. The quantitative estimate of drug-likeness (QED) is 0.760. The molecular formula is C14H16N2O2. The molecule has 0 radical (unpaired) electrons. The SMILES string of the molecule is COc1cc2c(cc1C)C(=O)N1CCC[C@H]1C=N2. The highest BCUT2D eigenvalue weighted by atomic mass is 16.5. The molecular weight excluding hydrogens is 228 g/mol. The number of fused-ring (bicyclic) bond motifs is 2. The summed E-state index contributed by atoms with van der Waals surface area (Å²) in [6.07, 6.45) is 3.97. The van der Waals surface area contributed by atoms with E-state index in [1.807, 2.05) is 30.2 Å². The number of rotatable bonds is 1. The third-order valence-electron chi connectivity index (χ3n) is 3.69. The number of carbonyl (C=O) groups is 1. The van der Waals surface area contributed by atoms with E-state index in [0.717, 1.165) is 36.4 Å². The Bertz CT molecular complexity index is 537. The molecule has 0 aromatic heterocycles. The third kappa shape index (κ3) is 1.60. The fourth-order valence-electron chi connectivity index (χ4n) is 2.70. The van der Waals surface area contributed by atoms with E-state index in [2.05, 4.69) is 4.99 Å². The van der Waals surface area contributed by atoms with Crippen LogP contribution in [0, 0.1) is 6.92 Å². The maximum absolute atomic E-state index is 12.5. The molecule has 0 N–H and O–H groups in total. The van der Waals surface area contributed by atoms with E-state index in [4.69, 9.17) is 4.74 Å². The third-order valence-corrected chi connectivity index (χ3v) is 3.69. The van der Waals surface area contributed by atoms with Gasteiger partial charge in [-0.3, -0.25) is 9.79 Å². The summed E-state index contributed by atoms with van der Waals surface area (Å²) in [6, 6.07) is 3.90. The second kappa shape index (κ2) is 4.12. The average molecular weight is 244 g/mol. The van der Waals surface area contributed by atoms with Crippen LogP contribution >= 0.6 is 0 Å². The summed E-state index contributed by atoms with van der Waals surface area (Å²) in [6.45, 7) is 2.78. The molecule has 0 aliphatic carbocycles. The molecule has 4 heteroatoms. The minimum atomic E-state index is 0.0933. The van der Waals surface area contributed by atoms with Gasteiger partial charge >= 0.3 is 0 Å². The van der Waals surface area contributed by atoms with Crippen molar-refractivity contribution < 1.29 is 9.53 Å². The largest absolute Gasteiger partial charge is 0.496 e. The molecule has 1 atom stereocenters. The number of hydrogen-bond acceptors (Lipinski definition) is 3. The molecule has 1 aromatic rings. The van der Waals surface area contributed by atoms with Crippen LogP contribution in [0.2, 0.25) is 0 Å². The maximum Gasteiger partial charge on any atom is 0.256 e. The molecule has 18 heavy (non-hydrogen) atoms. The second-order valence-electron chi connectivity index (χ2n) is 4.83. The molecule has 0 bridgehead atoms. The lowest BCUT2D eigenvalue weighted by molar-refractivity contribution is 0.0775. The molecule has 1 aromatic carbocycles. The van der Waals surface area contributed by atoms with Crippen LogP contribution in [0.3, 0.4) is 0 Å². The zero-order valence-corrected chi connectivity index (χ0v) is 10.6. The van der Waals surface area contributed by atoms with Crippen LogP contribution in [-0.2, 0) is 0 Å². The summed E-state index contributed by atoms with van der Waals surface area (Å²) in [7, 11) is 1.63. The van der Waals surface area contributed by atoms with Gasteiger partial charge < -0.3 is 9.64 Å². The Balaban J connectivity index is 2.12. The molecule has 0 unspecified atom stereocenters. The van der Waals surface area contributed by atoms with Crippen LogP contribution < -0.4 is 4.74 Å². The van der Waals surface area contributed by atoms with Crippen LogP contribution in [0.5, 0.6) is 5.75 Å². The molecule has 1 saturated heterocycles. The van der Waals surface area contributed by atoms with Gasteiger partial charge in [-0.25, -0.2) is 0 Å². The van der Waals surface area contributed by atoms with Crippen molar-refractivity contribution in [2.45, 2.75) is 25.8 Å². The van der Waals surface area contributed by atoms with Crippen molar-refractivity contribution in [3.63, 3.8) is 0 Å². The molecule has 3 rings (SSSR count). The summed E-state index contributed by atoms with van der Waals surface area (Å²) in [4.78, 5) is 18.9. The summed E-state index contributed by atoms with van der Waals surface area (Å²) >= 11 is 0. The van der Waals surface area contributed by atoms with Gasteiger partial charge in [0.15, 0.2) is 0 Å². The van der Waals surface area contributed by atoms with Crippen molar-refractivity contribution in [3.8, 4) is 5.75 Å². The Hall–Kier alpha value is -1.84. The fraction of sp³-hybridized carbons (Fsp3) is 0.429. The first-order valence-electron chi connectivity index (χ1n) is 6.24. The number of nitrogens with zero attached hydrogens (tertiary/aromatic N) is 2. The number of ether oxygens (including phenoxy) is 1. The summed E-state index contributed by atoms with van der Waals surface area (Å²) < 4.78 is 5.28.